The second-order valence-corrected chi connectivity index (χ2v) is 5.81. The first-order valence-electron chi connectivity index (χ1n) is 6.70. The molecule has 0 saturated carbocycles. The number of aryl methyl sites for hydroxylation is 1. The Morgan fingerprint density at radius 2 is 2.15 bits per heavy atom. The molecule has 2 aromatic heterocycles. The maximum absolute atomic E-state index is 12.5. The molecule has 0 atom stereocenters. The van der Waals surface area contributed by atoms with E-state index in [9.17, 15) is 4.79 Å². The molecule has 2 heterocycles. The Morgan fingerprint density at radius 3 is 2.70 bits per heavy atom. The van der Waals surface area contributed by atoms with E-state index in [1.807, 2.05) is 13.0 Å². The number of rotatable bonds is 5. The van der Waals surface area contributed by atoms with Gasteiger partial charge in [0.1, 0.15) is 0 Å². The Morgan fingerprint density at radius 1 is 1.40 bits per heavy atom. The zero-order valence-electron chi connectivity index (χ0n) is 12.2. The molecule has 0 fully saturated rings. The highest BCUT2D eigenvalue weighted by Crippen LogP contribution is 2.25. The molecule has 0 aliphatic carbocycles. The predicted molar refractivity (Wildman–Crippen MR) is 81.3 cm³/mol. The minimum Gasteiger partial charge on any atom is -0.363 e. The Kier molecular flexibility index (Phi) is 4.49. The van der Waals surface area contributed by atoms with Gasteiger partial charge in [0.05, 0.1) is 11.3 Å². The van der Waals surface area contributed by atoms with Crippen molar-refractivity contribution in [3.8, 4) is 10.6 Å². The zero-order valence-corrected chi connectivity index (χ0v) is 13.0. The number of anilines is 1. The summed E-state index contributed by atoms with van der Waals surface area (Å²) < 4.78 is 1.53. The van der Waals surface area contributed by atoms with Gasteiger partial charge >= 0.3 is 0 Å². The highest BCUT2D eigenvalue weighted by Gasteiger charge is 2.15. The maximum Gasteiger partial charge on any atom is 0.277 e. The zero-order chi connectivity index (χ0) is 14.7. The number of nitrogens with zero attached hydrogens (tertiary/aromatic N) is 4. The number of hydrogen-bond acceptors (Lipinski definition) is 6. The lowest BCUT2D eigenvalue weighted by Gasteiger charge is -2.10. The minimum atomic E-state index is -0.102. The molecular weight excluding hydrogens is 274 g/mol. The second-order valence-electron chi connectivity index (χ2n) is 4.83. The molecule has 0 spiro atoms. The normalized spacial score (nSPS) is 11.1. The molecule has 0 radical (unpaired) electrons. The second kappa shape index (κ2) is 6.13. The highest BCUT2D eigenvalue weighted by molar-refractivity contribution is 7.18. The van der Waals surface area contributed by atoms with Crippen LogP contribution in [0, 0.1) is 0 Å². The van der Waals surface area contributed by atoms with Gasteiger partial charge in [-0.1, -0.05) is 32.1 Å². The van der Waals surface area contributed by atoms with Crippen LogP contribution in [0.4, 0.5) is 5.13 Å². The molecule has 7 heteroatoms. The molecule has 0 aliphatic heterocycles. The Labute approximate surface area is 121 Å². The van der Waals surface area contributed by atoms with Gasteiger partial charge in [-0.25, -0.2) is 4.68 Å². The van der Waals surface area contributed by atoms with Crippen molar-refractivity contribution in [2.24, 2.45) is 0 Å². The van der Waals surface area contributed by atoms with Crippen molar-refractivity contribution < 1.29 is 0 Å². The topological polar surface area (TPSA) is 72.7 Å². The third kappa shape index (κ3) is 2.87. The fraction of sp³-hybridized carbons (Fsp3) is 0.538. The van der Waals surface area contributed by atoms with Crippen LogP contribution in [-0.2, 0) is 6.54 Å². The molecule has 0 saturated heterocycles. The molecule has 0 bridgehead atoms. The van der Waals surface area contributed by atoms with Crippen molar-refractivity contribution in [2.75, 3.05) is 12.4 Å². The van der Waals surface area contributed by atoms with E-state index in [0.29, 0.717) is 22.2 Å². The van der Waals surface area contributed by atoms with E-state index in [-0.39, 0.29) is 11.5 Å². The molecular formula is C13H19N5OS. The monoisotopic (exact) mass is 293 g/mol. The third-order valence-electron chi connectivity index (χ3n) is 2.89. The van der Waals surface area contributed by atoms with Crippen LogP contribution >= 0.6 is 11.3 Å². The molecule has 6 nitrogen and oxygen atoms in total. The van der Waals surface area contributed by atoms with Crippen molar-refractivity contribution in [1.82, 2.24) is 20.0 Å². The molecule has 0 amide bonds. The number of hydrogen-bond donors (Lipinski definition) is 1. The fourth-order valence-electron chi connectivity index (χ4n) is 1.79. The highest BCUT2D eigenvalue weighted by atomic mass is 32.1. The van der Waals surface area contributed by atoms with Crippen molar-refractivity contribution >= 4 is 16.5 Å². The van der Waals surface area contributed by atoms with Crippen LogP contribution in [0.1, 0.15) is 38.8 Å². The van der Waals surface area contributed by atoms with Gasteiger partial charge in [-0.3, -0.25) is 4.79 Å². The van der Waals surface area contributed by atoms with E-state index in [0.717, 1.165) is 12.1 Å². The van der Waals surface area contributed by atoms with Gasteiger partial charge in [-0.2, -0.15) is 5.10 Å². The molecule has 0 unspecified atom stereocenters. The van der Waals surface area contributed by atoms with Crippen LogP contribution in [0.5, 0.6) is 0 Å². The van der Waals surface area contributed by atoms with E-state index in [1.165, 1.54) is 16.0 Å². The summed E-state index contributed by atoms with van der Waals surface area (Å²) in [4.78, 5) is 12.5. The minimum absolute atomic E-state index is 0.102. The lowest BCUT2D eigenvalue weighted by Crippen LogP contribution is -2.26. The summed E-state index contributed by atoms with van der Waals surface area (Å²) in [5.41, 5.74) is 1.38. The van der Waals surface area contributed by atoms with Gasteiger partial charge in [0, 0.05) is 13.6 Å². The quantitative estimate of drug-likeness (QED) is 0.916. The van der Waals surface area contributed by atoms with Crippen molar-refractivity contribution in [3.05, 3.63) is 22.1 Å². The SMILES string of the molecule is CCCn1nc(C(C)C)cc(-c2nnc(NC)s2)c1=O. The molecule has 20 heavy (non-hydrogen) atoms. The van der Waals surface area contributed by atoms with Gasteiger partial charge in [0.15, 0.2) is 5.01 Å². The summed E-state index contributed by atoms with van der Waals surface area (Å²) in [6.45, 7) is 6.77. The summed E-state index contributed by atoms with van der Waals surface area (Å²) in [7, 11) is 1.78. The first-order valence-corrected chi connectivity index (χ1v) is 7.52. The lowest BCUT2D eigenvalue weighted by atomic mass is 10.1. The van der Waals surface area contributed by atoms with Gasteiger partial charge in [-0.05, 0) is 18.4 Å². The summed E-state index contributed by atoms with van der Waals surface area (Å²) in [6, 6.07) is 1.83. The van der Waals surface area contributed by atoms with Crippen LogP contribution < -0.4 is 10.9 Å². The van der Waals surface area contributed by atoms with Gasteiger partial charge in [0.25, 0.3) is 5.56 Å². The lowest BCUT2D eigenvalue weighted by molar-refractivity contribution is 0.548. The summed E-state index contributed by atoms with van der Waals surface area (Å²) >= 11 is 1.37. The van der Waals surface area contributed by atoms with Crippen molar-refractivity contribution in [1.29, 1.82) is 0 Å². The average molecular weight is 293 g/mol. The van der Waals surface area contributed by atoms with Crippen LogP contribution in [0.15, 0.2) is 10.9 Å². The largest absolute Gasteiger partial charge is 0.363 e. The number of nitrogens with one attached hydrogen (secondary N) is 1. The van der Waals surface area contributed by atoms with E-state index < -0.39 is 0 Å². The maximum atomic E-state index is 12.5. The molecule has 2 rings (SSSR count). The number of aromatic nitrogens is 4. The van der Waals surface area contributed by atoms with E-state index in [1.54, 1.807) is 7.05 Å². The Balaban J connectivity index is 2.58. The van der Waals surface area contributed by atoms with E-state index in [2.05, 4.69) is 34.5 Å². The fourth-order valence-corrected chi connectivity index (χ4v) is 2.50. The summed E-state index contributed by atoms with van der Waals surface area (Å²) in [5, 5.41) is 16.8. The molecule has 2 aromatic rings. The summed E-state index contributed by atoms with van der Waals surface area (Å²) in [5.74, 6) is 0.258. The summed E-state index contributed by atoms with van der Waals surface area (Å²) in [6.07, 6.45) is 0.867. The van der Waals surface area contributed by atoms with Crippen LogP contribution in [0.2, 0.25) is 0 Å². The van der Waals surface area contributed by atoms with E-state index >= 15 is 0 Å². The Bertz CT molecular complexity index is 646. The molecule has 0 aromatic carbocycles. The van der Waals surface area contributed by atoms with E-state index in [4.69, 9.17) is 0 Å². The van der Waals surface area contributed by atoms with Crippen LogP contribution in [0.25, 0.3) is 10.6 Å². The van der Waals surface area contributed by atoms with Crippen LogP contribution in [-0.4, -0.2) is 27.0 Å². The van der Waals surface area contributed by atoms with Gasteiger partial charge in [0.2, 0.25) is 5.13 Å². The molecule has 0 aliphatic rings. The Hall–Kier alpha value is -1.76. The average Bonchev–Trinajstić information content (AvgIpc) is 2.89. The first kappa shape index (κ1) is 14.6. The van der Waals surface area contributed by atoms with Crippen molar-refractivity contribution in [2.45, 2.75) is 39.7 Å². The molecule has 1 N–H and O–H groups in total. The van der Waals surface area contributed by atoms with Gasteiger partial charge in [-0.15, -0.1) is 10.2 Å². The molecule has 108 valence electrons. The van der Waals surface area contributed by atoms with Gasteiger partial charge < -0.3 is 5.32 Å². The standard InChI is InChI=1S/C13H19N5OS/c1-5-6-18-12(19)9(7-10(17-18)8(2)3)11-15-16-13(14-4)20-11/h7-8H,5-6H2,1-4H3,(H,14,16). The van der Waals surface area contributed by atoms with Crippen LogP contribution in [0.3, 0.4) is 0 Å². The third-order valence-corrected chi connectivity index (χ3v) is 3.86. The van der Waals surface area contributed by atoms with Crippen molar-refractivity contribution in [3.63, 3.8) is 0 Å². The smallest absolute Gasteiger partial charge is 0.277 e. The predicted octanol–water partition coefficient (Wildman–Crippen LogP) is 2.34. The first-order chi connectivity index (χ1) is 9.56.